The summed E-state index contributed by atoms with van der Waals surface area (Å²) in [6.07, 6.45) is 0. The van der Waals surface area contributed by atoms with Crippen molar-refractivity contribution >= 4 is 46.5 Å². The van der Waals surface area contributed by atoms with Gasteiger partial charge in [-0.2, -0.15) is 15.0 Å². The summed E-state index contributed by atoms with van der Waals surface area (Å²) in [5, 5.41) is 6.82. The Labute approximate surface area is 152 Å². The van der Waals surface area contributed by atoms with Crippen LogP contribution in [-0.2, 0) is 0 Å². The normalized spacial score (nSPS) is 12.1. The number of aromatic nitrogens is 3. The van der Waals surface area contributed by atoms with Gasteiger partial charge >= 0.3 is 0 Å². The number of anilines is 4. The molecule has 1 aliphatic heterocycles. The molecule has 0 atom stereocenters. The van der Waals surface area contributed by atoms with E-state index in [1.165, 1.54) is 0 Å². The number of hydrogen-bond acceptors (Lipinski definition) is 7. The van der Waals surface area contributed by atoms with Gasteiger partial charge in [-0.1, -0.05) is 11.6 Å². The smallest absolute Gasteiger partial charge is 0.233 e. The predicted octanol–water partition coefficient (Wildman–Crippen LogP) is 4.39. The molecule has 2 N–H and O–H groups in total. The van der Waals surface area contributed by atoms with Gasteiger partial charge in [0, 0.05) is 22.5 Å². The van der Waals surface area contributed by atoms with Crippen LogP contribution in [0, 0.1) is 0 Å². The molecule has 9 heteroatoms. The molecule has 25 heavy (non-hydrogen) atoms. The predicted molar refractivity (Wildman–Crippen MR) is 95.4 cm³/mol. The van der Waals surface area contributed by atoms with Crippen LogP contribution in [-0.4, -0.2) is 21.7 Å². The fourth-order valence-corrected chi connectivity index (χ4v) is 2.51. The molecule has 0 spiro atoms. The second-order valence-corrected chi connectivity index (χ2v) is 5.85. The van der Waals surface area contributed by atoms with E-state index in [2.05, 4.69) is 25.6 Å². The second-order valence-electron chi connectivity index (χ2n) is 5.08. The van der Waals surface area contributed by atoms with Crippen LogP contribution in [0.1, 0.15) is 0 Å². The van der Waals surface area contributed by atoms with Crippen molar-refractivity contribution in [2.45, 2.75) is 0 Å². The van der Waals surface area contributed by atoms with Crippen LogP contribution in [0.5, 0.6) is 11.5 Å². The summed E-state index contributed by atoms with van der Waals surface area (Å²) in [4.78, 5) is 12.4. The minimum Gasteiger partial charge on any atom is -0.454 e. The first-order chi connectivity index (χ1) is 12.2. The zero-order chi connectivity index (χ0) is 17.2. The molecule has 0 aliphatic carbocycles. The molecule has 0 fully saturated rings. The van der Waals surface area contributed by atoms with Crippen LogP contribution >= 0.6 is 23.2 Å². The maximum atomic E-state index is 5.99. The minimum atomic E-state index is 0.0645. The lowest BCUT2D eigenvalue weighted by atomic mass is 10.3. The Bertz CT molecular complexity index is 921. The molecule has 1 aromatic heterocycles. The second kappa shape index (κ2) is 6.62. The summed E-state index contributed by atoms with van der Waals surface area (Å²) in [6, 6.07) is 12.6. The standard InChI is InChI=1S/C16H11Cl2N5O2/c17-9-1-3-10(4-2-9)19-15-21-14(18)22-16(23-15)20-11-5-6-12-13(7-11)25-8-24-12/h1-7H,8H2,(H2,19,20,21,22,23). The maximum Gasteiger partial charge on any atom is 0.233 e. The molecule has 0 radical (unpaired) electrons. The van der Waals surface area contributed by atoms with Gasteiger partial charge in [0.25, 0.3) is 0 Å². The average molecular weight is 376 g/mol. The molecule has 0 unspecified atom stereocenters. The maximum absolute atomic E-state index is 5.99. The fourth-order valence-electron chi connectivity index (χ4n) is 2.23. The van der Waals surface area contributed by atoms with Crippen molar-refractivity contribution in [3.63, 3.8) is 0 Å². The van der Waals surface area contributed by atoms with Crippen LogP contribution < -0.4 is 20.1 Å². The van der Waals surface area contributed by atoms with E-state index in [-0.39, 0.29) is 12.1 Å². The van der Waals surface area contributed by atoms with E-state index in [0.717, 1.165) is 11.4 Å². The van der Waals surface area contributed by atoms with Gasteiger partial charge in [0.1, 0.15) is 0 Å². The first-order valence-corrected chi connectivity index (χ1v) is 8.02. The number of rotatable bonds is 4. The molecule has 0 bridgehead atoms. The van der Waals surface area contributed by atoms with Gasteiger partial charge in [-0.15, -0.1) is 0 Å². The largest absolute Gasteiger partial charge is 0.454 e. The number of hydrogen-bond donors (Lipinski definition) is 2. The summed E-state index contributed by atoms with van der Waals surface area (Å²) >= 11 is 11.9. The summed E-state index contributed by atoms with van der Waals surface area (Å²) < 4.78 is 10.6. The zero-order valence-electron chi connectivity index (χ0n) is 12.7. The summed E-state index contributed by atoms with van der Waals surface area (Å²) in [5.74, 6) is 1.97. The third-order valence-electron chi connectivity index (χ3n) is 3.34. The van der Waals surface area contributed by atoms with E-state index in [4.69, 9.17) is 32.7 Å². The van der Waals surface area contributed by atoms with Gasteiger partial charge < -0.3 is 20.1 Å². The first kappa shape index (κ1) is 15.7. The highest BCUT2D eigenvalue weighted by Gasteiger charge is 2.14. The monoisotopic (exact) mass is 375 g/mol. The van der Waals surface area contributed by atoms with Crippen molar-refractivity contribution in [3.05, 3.63) is 52.8 Å². The lowest BCUT2D eigenvalue weighted by molar-refractivity contribution is 0.174. The molecular formula is C16H11Cl2N5O2. The number of ether oxygens (including phenoxy) is 2. The average Bonchev–Trinajstić information content (AvgIpc) is 3.04. The molecule has 0 saturated carbocycles. The Balaban J connectivity index is 1.56. The van der Waals surface area contributed by atoms with Gasteiger partial charge in [0.2, 0.25) is 24.0 Å². The Morgan fingerprint density at radius 2 is 1.40 bits per heavy atom. The quantitative estimate of drug-likeness (QED) is 0.699. The van der Waals surface area contributed by atoms with Gasteiger partial charge in [-0.3, -0.25) is 0 Å². The van der Waals surface area contributed by atoms with E-state index in [1.54, 1.807) is 24.3 Å². The van der Waals surface area contributed by atoms with Crippen LogP contribution in [0.25, 0.3) is 0 Å². The molecule has 2 aromatic carbocycles. The number of halogens is 2. The fraction of sp³-hybridized carbons (Fsp3) is 0.0625. The third-order valence-corrected chi connectivity index (χ3v) is 3.76. The Morgan fingerprint density at radius 1 is 0.760 bits per heavy atom. The third kappa shape index (κ3) is 3.67. The summed E-state index contributed by atoms with van der Waals surface area (Å²) in [5.41, 5.74) is 1.52. The molecule has 7 nitrogen and oxygen atoms in total. The number of nitrogens with one attached hydrogen (secondary N) is 2. The minimum absolute atomic E-state index is 0.0645. The highest BCUT2D eigenvalue weighted by molar-refractivity contribution is 6.30. The number of fused-ring (bicyclic) bond motifs is 1. The Morgan fingerprint density at radius 3 is 2.16 bits per heavy atom. The molecular weight excluding hydrogens is 365 g/mol. The van der Waals surface area contributed by atoms with E-state index in [0.29, 0.717) is 28.4 Å². The van der Waals surface area contributed by atoms with Crippen molar-refractivity contribution < 1.29 is 9.47 Å². The molecule has 0 saturated heterocycles. The van der Waals surface area contributed by atoms with Crippen LogP contribution in [0.2, 0.25) is 10.3 Å². The highest BCUT2D eigenvalue weighted by atomic mass is 35.5. The van der Waals surface area contributed by atoms with Gasteiger partial charge in [-0.25, -0.2) is 0 Å². The lowest BCUT2D eigenvalue weighted by Crippen LogP contribution is -2.04. The molecule has 126 valence electrons. The molecule has 0 amide bonds. The Kier molecular flexibility index (Phi) is 4.17. The molecule has 4 rings (SSSR count). The summed E-state index contributed by atoms with van der Waals surface area (Å²) in [6.45, 7) is 0.214. The number of benzene rings is 2. The number of nitrogens with zero attached hydrogens (tertiary/aromatic N) is 3. The van der Waals surface area contributed by atoms with Crippen molar-refractivity contribution in [2.24, 2.45) is 0 Å². The summed E-state index contributed by atoms with van der Waals surface area (Å²) in [7, 11) is 0. The lowest BCUT2D eigenvalue weighted by Gasteiger charge is -2.09. The van der Waals surface area contributed by atoms with Crippen molar-refractivity contribution in [2.75, 3.05) is 17.4 Å². The van der Waals surface area contributed by atoms with Gasteiger partial charge in [0.15, 0.2) is 11.5 Å². The van der Waals surface area contributed by atoms with Crippen molar-refractivity contribution in [3.8, 4) is 11.5 Å². The van der Waals surface area contributed by atoms with Gasteiger partial charge in [-0.05, 0) is 48.0 Å². The van der Waals surface area contributed by atoms with E-state index in [1.807, 2.05) is 18.2 Å². The van der Waals surface area contributed by atoms with Crippen LogP contribution in [0.3, 0.4) is 0 Å². The molecule has 1 aliphatic rings. The van der Waals surface area contributed by atoms with Crippen molar-refractivity contribution in [1.29, 1.82) is 0 Å². The zero-order valence-corrected chi connectivity index (χ0v) is 14.2. The van der Waals surface area contributed by atoms with Gasteiger partial charge in [0.05, 0.1) is 0 Å². The van der Waals surface area contributed by atoms with E-state index < -0.39 is 0 Å². The van der Waals surface area contributed by atoms with E-state index >= 15 is 0 Å². The highest BCUT2D eigenvalue weighted by Crippen LogP contribution is 2.34. The molecule has 2 heterocycles. The Hall–Kier alpha value is -2.77. The first-order valence-electron chi connectivity index (χ1n) is 7.26. The van der Waals surface area contributed by atoms with E-state index in [9.17, 15) is 0 Å². The van der Waals surface area contributed by atoms with Crippen LogP contribution in [0.15, 0.2) is 42.5 Å². The topological polar surface area (TPSA) is 81.2 Å². The SMILES string of the molecule is Clc1ccc(Nc2nc(Cl)nc(Nc3ccc4c(c3)OCO4)n2)cc1. The molecule has 3 aromatic rings. The van der Waals surface area contributed by atoms with Crippen molar-refractivity contribution in [1.82, 2.24) is 15.0 Å². The van der Waals surface area contributed by atoms with Crippen LogP contribution in [0.4, 0.5) is 23.3 Å².